The van der Waals surface area contributed by atoms with Gasteiger partial charge in [0.25, 0.3) is 0 Å². The minimum atomic E-state index is -1.21. The van der Waals surface area contributed by atoms with E-state index < -0.39 is 5.41 Å². The minimum absolute atomic E-state index is 0.669. The maximum Gasteiger partial charge on any atom is 0.219 e. The maximum absolute atomic E-state index is 13.1. The molecule has 4 heteroatoms. The Kier molecular flexibility index (Phi) is 7.78. The third kappa shape index (κ3) is 5.79. The van der Waals surface area contributed by atoms with Crippen molar-refractivity contribution >= 4 is 6.29 Å². The maximum atomic E-state index is 13.1. The van der Waals surface area contributed by atoms with E-state index in [2.05, 4.69) is 6.29 Å². The summed E-state index contributed by atoms with van der Waals surface area (Å²) in [5, 5.41) is 0. The summed E-state index contributed by atoms with van der Waals surface area (Å²) in [6, 6.07) is 51.4. The first-order valence-corrected chi connectivity index (χ1v) is 13.6. The van der Waals surface area contributed by atoms with E-state index in [1.54, 1.807) is 0 Å². The fraction of sp³-hybridized carbons (Fsp3) is 0.0263. The van der Waals surface area contributed by atoms with Crippen molar-refractivity contribution in [1.29, 1.82) is 0 Å². The molecule has 0 bridgehead atoms. The second-order valence-corrected chi connectivity index (χ2v) is 9.67. The summed E-state index contributed by atoms with van der Waals surface area (Å²) in [5.41, 5.74) is 1.06. The number of ether oxygens (including phenoxy) is 3. The second-order valence-electron chi connectivity index (χ2n) is 9.67. The molecule has 0 aromatic heterocycles. The molecule has 6 aromatic carbocycles. The summed E-state index contributed by atoms with van der Waals surface area (Å²) < 4.78 is 18.0. The molecule has 6 rings (SSSR count). The van der Waals surface area contributed by atoms with E-state index in [4.69, 9.17) is 14.2 Å². The van der Waals surface area contributed by atoms with E-state index in [0.29, 0.717) is 17.2 Å². The van der Waals surface area contributed by atoms with Gasteiger partial charge in [0.05, 0.1) is 0 Å². The molecule has 6 aromatic rings. The molecule has 0 aliphatic rings. The highest BCUT2D eigenvalue weighted by Crippen LogP contribution is 2.40. The van der Waals surface area contributed by atoms with Crippen LogP contribution in [0.25, 0.3) is 0 Å². The standard InChI is InChI=1S/C38H27O4/c39-28-38(29-16-22-35(23-17-29)40-32-10-4-1-5-11-32,30-18-24-36(25-19-30)41-33-12-6-2-7-13-33)31-20-26-37(27-21-31)42-34-14-8-3-9-15-34/h1-27H. The Bertz CT molecular complexity index is 1510. The van der Waals surface area contributed by atoms with Gasteiger partial charge in [0.2, 0.25) is 6.29 Å². The van der Waals surface area contributed by atoms with E-state index in [-0.39, 0.29) is 0 Å². The molecule has 42 heavy (non-hydrogen) atoms. The van der Waals surface area contributed by atoms with Crippen LogP contribution in [-0.4, -0.2) is 6.29 Å². The van der Waals surface area contributed by atoms with E-state index in [9.17, 15) is 4.79 Å². The summed E-state index contributed by atoms with van der Waals surface area (Å²) in [6.07, 6.45) is 2.40. The summed E-state index contributed by atoms with van der Waals surface area (Å²) in [5.74, 6) is 4.22. The molecule has 0 spiro atoms. The average molecular weight is 548 g/mol. The van der Waals surface area contributed by atoms with E-state index in [1.807, 2.05) is 164 Å². The van der Waals surface area contributed by atoms with E-state index in [0.717, 1.165) is 33.9 Å². The van der Waals surface area contributed by atoms with Crippen LogP contribution in [0.3, 0.4) is 0 Å². The quantitative estimate of drug-likeness (QED) is 0.160. The minimum Gasteiger partial charge on any atom is -0.457 e. The highest BCUT2D eigenvalue weighted by Gasteiger charge is 2.37. The van der Waals surface area contributed by atoms with Crippen molar-refractivity contribution < 1.29 is 19.0 Å². The van der Waals surface area contributed by atoms with Crippen LogP contribution in [0.15, 0.2) is 164 Å². The molecule has 0 aliphatic heterocycles. The highest BCUT2D eigenvalue weighted by atomic mass is 16.5. The SMILES string of the molecule is O=[C]C(c1ccc(Oc2ccccc2)cc1)(c1ccc(Oc2ccccc2)cc1)c1ccc(Oc2ccccc2)cc1. The number of para-hydroxylation sites is 3. The van der Waals surface area contributed by atoms with Gasteiger partial charge in [-0.15, -0.1) is 0 Å². The summed E-state index contributed by atoms with van der Waals surface area (Å²) in [7, 11) is 0. The Morgan fingerprint density at radius 3 is 0.810 bits per heavy atom. The lowest BCUT2D eigenvalue weighted by Gasteiger charge is -2.30. The number of hydrogen-bond acceptors (Lipinski definition) is 4. The van der Waals surface area contributed by atoms with Gasteiger partial charge in [-0.2, -0.15) is 0 Å². The predicted molar refractivity (Wildman–Crippen MR) is 164 cm³/mol. The predicted octanol–water partition coefficient (Wildman–Crippen LogP) is 9.51. The largest absolute Gasteiger partial charge is 0.457 e. The average Bonchev–Trinajstić information content (AvgIpc) is 3.05. The van der Waals surface area contributed by atoms with Crippen molar-refractivity contribution in [2.45, 2.75) is 5.41 Å². The number of carbonyl (C=O) groups excluding carboxylic acids is 1. The van der Waals surface area contributed by atoms with Crippen LogP contribution in [-0.2, 0) is 10.2 Å². The molecule has 0 N–H and O–H groups in total. The first kappa shape index (κ1) is 26.6. The van der Waals surface area contributed by atoms with Crippen molar-refractivity contribution in [3.63, 3.8) is 0 Å². The highest BCUT2D eigenvalue weighted by molar-refractivity contribution is 5.82. The van der Waals surface area contributed by atoms with E-state index >= 15 is 0 Å². The third-order valence-corrected chi connectivity index (χ3v) is 6.95. The summed E-state index contributed by atoms with van der Waals surface area (Å²) in [4.78, 5) is 13.1. The van der Waals surface area contributed by atoms with Crippen LogP contribution in [0.5, 0.6) is 34.5 Å². The summed E-state index contributed by atoms with van der Waals surface area (Å²) >= 11 is 0. The monoisotopic (exact) mass is 547 g/mol. The van der Waals surface area contributed by atoms with Gasteiger partial charge in [-0.25, -0.2) is 0 Å². The molecule has 4 nitrogen and oxygen atoms in total. The molecule has 203 valence electrons. The lowest BCUT2D eigenvalue weighted by molar-refractivity contribution is 0.481. The third-order valence-electron chi connectivity index (χ3n) is 6.95. The molecule has 0 saturated heterocycles. The van der Waals surface area contributed by atoms with Crippen LogP contribution >= 0.6 is 0 Å². The zero-order chi connectivity index (χ0) is 28.6. The zero-order valence-electron chi connectivity index (χ0n) is 22.7. The Morgan fingerprint density at radius 2 is 0.571 bits per heavy atom. The van der Waals surface area contributed by atoms with Crippen molar-refractivity contribution in [2.75, 3.05) is 0 Å². The Balaban J connectivity index is 1.36. The molecular weight excluding hydrogens is 520 g/mol. The van der Waals surface area contributed by atoms with Crippen molar-refractivity contribution in [3.05, 3.63) is 180 Å². The Morgan fingerprint density at radius 1 is 0.333 bits per heavy atom. The number of benzene rings is 6. The molecule has 0 amide bonds. The van der Waals surface area contributed by atoms with Gasteiger partial charge in [0, 0.05) is 0 Å². The van der Waals surface area contributed by atoms with Crippen LogP contribution in [0.1, 0.15) is 16.7 Å². The van der Waals surface area contributed by atoms with Crippen molar-refractivity contribution in [2.24, 2.45) is 0 Å². The molecule has 0 fully saturated rings. The van der Waals surface area contributed by atoms with Gasteiger partial charge in [0.15, 0.2) is 0 Å². The molecule has 1 radical (unpaired) electrons. The lowest BCUT2D eigenvalue weighted by Crippen LogP contribution is -2.31. The van der Waals surface area contributed by atoms with Gasteiger partial charge in [-0.3, -0.25) is 4.79 Å². The first-order chi connectivity index (χ1) is 20.7. The Hall–Kier alpha value is -5.61. The number of hydrogen-bond donors (Lipinski definition) is 0. The Labute approximate surface area is 245 Å². The summed E-state index contributed by atoms with van der Waals surface area (Å²) in [6.45, 7) is 0. The fourth-order valence-electron chi connectivity index (χ4n) is 4.87. The second kappa shape index (κ2) is 12.3. The molecule has 0 heterocycles. The van der Waals surface area contributed by atoms with Crippen LogP contribution in [0.4, 0.5) is 0 Å². The van der Waals surface area contributed by atoms with Gasteiger partial charge in [0.1, 0.15) is 39.9 Å². The topological polar surface area (TPSA) is 44.8 Å². The van der Waals surface area contributed by atoms with Crippen LogP contribution in [0, 0.1) is 0 Å². The molecular formula is C38H27O4. The lowest BCUT2D eigenvalue weighted by atomic mass is 9.70. The molecule has 0 atom stereocenters. The van der Waals surface area contributed by atoms with E-state index in [1.165, 1.54) is 0 Å². The van der Waals surface area contributed by atoms with Crippen molar-refractivity contribution in [3.8, 4) is 34.5 Å². The molecule has 0 aliphatic carbocycles. The first-order valence-electron chi connectivity index (χ1n) is 13.6. The van der Waals surface area contributed by atoms with Gasteiger partial charge in [-0.1, -0.05) is 91.0 Å². The smallest absolute Gasteiger partial charge is 0.219 e. The van der Waals surface area contributed by atoms with Crippen molar-refractivity contribution in [1.82, 2.24) is 0 Å². The zero-order valence-corrected chi connectivity index (χ0v) is 22.7. The van der Waals surface area contributed by atoms with Gasteiger partial charge >= 0.3 is 0 Å². The van der Waals surface area contributed by atoms with Gasteiger partial charge < -0.3 is 14.2 Å². The molecule has 0 unspecified atom stereocenters. The van der Waals surface area contributed by atoms with Gasteiger partial charge in [-0.05, 0) is 89.5 Å². The fourth-order valence-corrected chi connectivity index (χ4v) is 4.87. The normalized spacial score (nSPS) is 11.0. The van der Waals surface area contributed by atoms with Crippen LogP contribution < -0.4 is 14.2 Å². The molecule has 0 saturated carbocycles. The number of rotatable bonds is 10. The van der Waals surface area contributed by atoms with Crippen LogP contribution in [0.2, 0.25) is 0 Å².